The van der Waals surface area contributed by atoms with Crippen LogP contribution in [0.1, 0.15) is 52.0 Å². The molecule has 3 aromatic heterocycles. The Kier molecular flexibility index (Phi) is 9.53. The first-order chi connectivity index (χ1) is 24.8. The molecular formula is C38H38N8O5. The number of para-hydroxylation sites is 1. The number of nitrogens with one attached hydrogen (secondary N) is 2. The number of carboxylic acid groups (broad SMARTS) is 1. The number of hydrogen-bond donors (Lipinski definition) is 3. The lowest BCUT2D eigenvalue weighted by molar-refractivity contribution is -0.145. The molecule has 0 saturated carbocycles. The lowest BCUT2D eigenvalue weighted by Crippen LogP contribution is -2.31. The van der Waals surface area contributed by atoms with E-state index in [1.165, 1.54) is 16.5 Å². The number of aliphatic carboxylic acids is 1. The van der Waals surface area contributed by atoms with Gasteiger partial charge in [-0.1, -0.05) is 58.5 Å². The van der Waals surface area contributed by atoms with E-state index in [1.807, 2.05) is 67.7 Å². The summed E-state index contributed by atoms with van der Waals surface area (Å²) in [6.45, 7) is 3.49. The molecule has 1 saturated heterocycles. The van der Waals surface area contributed by atoms with Crippen molar-refractivity contribution in [3.05, 3.63) is 108 Å². The number of aromatic nitrogens is 7. The SMILES string of the molecule is COC(=O)[C@H](Cc1c[nH]c2ccccc12)n1cc(-c2cc(C(=O)C3CCNCC3)cc(-c3cn([C@@H](Cc4ccc(C)cc4)C(=O)O)nn3)c2)nn1. The van der Waals surface area contributed by atoms with Crippen molar-refractivity contribution in [3.63, 3.8) is 0 Å². The summed E-state index contributed by atoms with van der Waals surface area (Å²) in [6, 6.07) is 19.2. The first kappa shape index (κ1) is 33.5. The average molecular weight is 687 g/mol. The van der Waals surface area contributed by atoms with Crippen molar-refractivity contribution < 1.29 is 24.2 Å². The highest BCUT2D eigenvalue weighted by atomic mass is 16.5. The van der Waals surface area contributed by atoms with Crippen molar-refractivity contribution in [1.82, 2.24) is 40.3 Å². The number of nitrogens with zero attached hydrogens (tertiary/aromatic N) is 6. The number of aryl methyl sites for hydroxylation is 1. The molecule has 2 atom stereocenters. The van der Waals surface area contributed by atoms with E-state index in [0.29, 0.717) is 34.5 Å². The maximum absolute atomic E-state index is 13.9. The van der Waals surface area contributed by atoms with E-state index >= 15 is 0 Å². The van der Waals surface area contributed by atoms with Crippen LogP contribution in [0.15, 0.2) is 85.3 Å². The Hall–Kier alpha value is -5.95. The lowest BCUT2D eigenvalue weighted by atomic mass is 9.88. The molecule has 1 fully saturated rings. The second-order valence-corrected chi connectivity index (χ2v) is 13.0. The van der Waals surface area contributed by atoms with Gasteiger partial charge < -0.3 is 20.1 Å². The molecule has 0 unspecified atom stereocenters. The zero-order chi connectivity index (χ0) is 35.5. The van der Waals surface area contributed by atoms with E-state index in [2.05, 4.69) is 30.9 Å². The van der Waals surface area contributed by atoms with Gasteiger partial charge in [0.05, 0.1) is 19.5 Å². The van der Waals surface area contributed by atoms with Crippen LogP contribution in [0.25, 0.3) is 33.4 Å². The number of piperidine rings is 1. The number of methoxy groups -OCH3 is 1. The third kappa shape index (κ3) is 7.19. The fourth-order valence-corrected chi connectivity index (χ4v) is 6.68. The maximum atomic E-state index is 13.9. The summed E-state index contributed by atoms with van der Waals surface area (Å²) in [5.74, 6) is -1.64. The Morgan fingerprint density at radius 3 is 2.18 bits per heavy atom. The summed E-state index contributed by atoms with van der Waals surface area (Å²) in [5, 5.41) is 31.8. The minimum absolute atomic E-state index is 0.00828. The summed E-state index contributed by atoms with van der Waals surface area (Å²) in [6.07, 6.45) is 7.13. The third-order valence-corrected chi connectivity index (χ3v) is 9.57. The van der Waals surface area contributed by atoms with E-state index in [4.69, 9.17) is 4.74 Å². The molecule has 0 radical (unpaired) electrons. The van der Waals surface area contributed by atoms with Crippen molar-refractivity contribution in [3.8, 4) is 22.5 Å². The smallest absolute Gasteiger partial charge is 0.331 e. The molecule has 0 amide bonds. The normalized spacial score (nSPS) is 14.7. The predicted molar refractivity (Wildman–Crippen MR) is 189 cm³/mol. The minimum Gasteiger partial charge on any atom is -0.480 e. The summed E-state index contributed by atoms with van der Waals surface area (Å²) >= 11 is 0. The number of esters is 1. The zero-order valence-corrected chi connectivity index (χ0v) is 28.3. The van der Waals surface area contributed by atoms with E-state index < -0.39 is 24.0 Å². The van der Waals surface area contributed by atoms with Gasteiger partial charge in [0, 0.05) is 52.5 Å². The van der Waals surface area contributed by atoms with Crippen molar-refractivity contribution in [2.45, 2.75) is 44.7 Å². The number of Topliss-reactive ketones (excluding diaryl/α,β-unsaturated/α-hetero) is 1. The van der Waals surface area contributed by atoms with E-state index in [9.17, 15) is 19.5 Å². The molecule has 3 N–H and O–H groups in total. The number of carbonyl (C=O) groups excluding carboxylic acids is 2. The van der Waals surface area contributed by atoms with Gasteiger partial charge in [0.15, 0.2) is 17.9 Å². The number of fused-ring (bicyclic) bond motifs is 1. The highest BCUT2D eigenvalue weighted by Gasteiger charge is 2.28. The lowest BCUT2D eigenvalue weighted by Gasteiger charge is -2.21. The van der Waals surface area contributed by atoms with Gasteiger partial charge in [-0.3, -0.25) is 4.79 Å². The van der Waals surface area contributed by atoms with Crippen LogP contribution in [-0.2, 0) is 27.2 Å². The van der Waals surface area contributed by atoms with E-state index in [1.54, 1.807) is 24.5 Å². The highest BCUT2D eigenvalue weighted by molar-refractivity contribution is 6.00. The summed E-state index contributed by atoms with van der Waals surface area (Å²) < 4.78 is 8.01. The van der Waals surface area contributed by atoms with Crippen molar-refractivity contribution in [1.29, 1.82) is 0 Å². The highest BCUT2D eigenvalue weighted by Crippen LogP contribution is 2.31. The van der Waals surface area contributed by atoms with Gasteiger partial charge in [-0.2, -0.15) is 0 Å². The van der Waals surface area contributed by atoms with Crippen LogP contribution in [0.5, 0.6) is 0 Å². The van der Waals surface area contributed by atoms with Crippen molar-refractivity contribution >= 4 is 28.6 Å². The number of rotatable bonds is 12. The molecular weight excluding hydrogens is 648 g/mol. The zero-order valence-electron chi connectivity index (χ0n) is 28.3. The number of ketones is 1. The number of carbonyl (C=O) groups is 3. The number of carboxylic acids is 1. The predicted octanol–water partition coefficient (Wildman–Crippen LogP) is 5.00. The molecule has 13 nitrogen and oxygen atoms in total. The second-order valence-electron chi connectivity index (χ2n) is 13.0. The molecule has 7 rings (SSSR count). The molecule has 3 aromatic carbocycles. The number of hydrogen-bond acceptors (Lipinski definition) is 9. The van der Waals surface area contributed by atoms with E-state index in [0.717, 1.165) is 53.5 Å². The summed E-state index contributed by atoms with van der Waals surface area (Å²) in [5.41, 5.74) is 6.34. The third-order valence-electron chi connectivity index (χ3n) is 9.57. The van der Waals surface area contributed by atoms with Crippen molar-refractivity contribution in [2.24, 2.45) is 5.92 Å². The van der Waals surface area contributed by atoms with Crippen LogP contribution in [0.3, 0.4) is 0 Å². The molecule has 260 valence electrons. The Morgan fingerprint density at radius 1 is 0.882 bits per heavy atom. The number of H-pyrrole nitrogens is 1. The first-order valence-electron chi connectivity index (χ1n) is 16.9. The van der Waals surface area contributed by atoms with Crippen LogP contribution in [0, 0.1) is 12.8 Å². The standard InChI is InChI=1S/C38H38N8O5/c1-23-7-9-24(10-8-23)15-34(37(48)49)45-21-32(41-43-45)26-16-27(18-28(17-26)36(47)25-11-13-39-14-12-25)33-22-46(44-42-33)35(38(50)51-2)19-29-20-40-31-6-4-3-5-30(29)31/h3-10,16-18,20-22,25,34-35,39-40H,11-15,19H2,1-2H3,(H,48,49)/t34-,35-/m0/s1. The molecule has 0 aliphatic carbocycles. The number of ether oxygens (including phenoxy) is 1. The van der Waals surface area contributed by atoms with Gasteiger partial charge in [-0.15, -0.1) is 10.2 Å². The van der Waals surface area contributed by atoms with Crippen LogP contribution in [-0.4, -0.2) is 78.0 Å². The van der Waals surface area contributed by atoms with E-state index in [-0.39, 0.29) is 18.1 Å². The van der Waals surface area contributed by atoms with Crippen molar-refractivity contribution in [2.75, 3.05) is 20.2 Å². The average Bonchev–Trinajstić information content (AvgIpc) is 3.94. The number of benzene rings is 3. The molecule has 51 heavy (non-hydrogen) atoms. The Labute approximate surface area is 293 Å². The van der Waals surface area contributed by atoms with Crippen LogP contribution in [0.2, 0.25) is 0 Å². The topological polar surface area (TPSA) is 170 Å². The minimum atomic E-state index is -1.04. The second kappa shape index (κ2) is 14.5. The Bertz CT molecular complexity index is 2190. The Morgan fingerprint density at radius 2 is 1.53 bits per heavy atom. The molecule has 13 heteroatoms. The van der Waals surface area contributed by atoms with Gasteiger partial charge in [0.25, 0.3) is 0 Å². The van der Waals surface area contributed by atoms with Crippen LogP contribution < -0.4 is 5.32 Å². The van der Waals surface area contributed by atoms with Gasteiger partial charge in [0.2, 0.25) is 0 Å². The fraction of sp³-hybridized carbons (Fsp3) is 0.289. The molecule has 0 bridgehead atoms. The van der Waals surface area contributed by atoms with Gasteiger partial charge in [-0.25, -0.2) is 19.0 Å². The molecule has 6 aromatic rings. The van der Waals surface area contributed by atoms with Gasteiger partial charge >= 0.3 is 11.9 Å². The summed E-state index contributed by atoms with van der Waals surface area (Å²) in [4.78, 5) is 42.6. The molecule has 4 heterocycles. The molecule has 1 aliphatic heterocycles. The molecule has 0 spiro atoms. The number of aromatic amines is 1. The Balaban J connectivity index is 1.24. The quantitative estimate of drug-likeness (QED) is 0.118. The van der Waals surface area contributed by atoms with Crippen LogP contribution in [0.4, 0.5) is 0 Å². The summed E-state index contributed by atoms with van der Waals surface area (Å²) in [7, 11) is 1.34. The van der Waals surface area contributed by atoms with Crippen LogP contribution >= 0.6 is 0 Å². The fourth-order valence-electron chi connectivity index (χ4n) is 6.68. The molecule has 1 aliphatic rings. The first-order valence-corrected chi connectivity index (χ1v) is 16.9. The maximum Gasteiger partial charge on any atom is 0.331 e. The van der Waals surface area contributed by atoms with Gasteiger partial charge in [0.1, 0.15) is 11.4 Å². The monoisotopic (exact) mass is 686 g/mol. The largest absolute Gasteiger partial charge is 0.480 e. The van der Waals surface area contributed by atoms with Gasteiger partial charge in [-0.05, 0) is 68.2 Å².